The van der Waals surface area contributed by atoms with Crippen LogP contribution in [0.4, 0.5) is 4.79 Å². The summed E-state index contributed by atoms with van der Waals surface area (Å²) in [4.78, 5) is 14.1. The molecule has 1 saturated carbocycles. The Morgan fingerprint density at radius 2 is 2.04 bits per heavy atom. The number of hydrogen-bond donors (Lipinski definition) is 0. The van der Waals surface area contributed by atoms with Gasteiger partial charge in [0.15, 0.2) is 0 Å². The summed E-state index contributed by atoms with van der Waals surface area (Å²) in [6, 6.07) is 6.38. The van der Waals surface area contributed by atoms with E-state index in [1.165, 1.54) is 24.0 Å². The van der Waals surface area contributed by atoms with Crippen LogP contribution in [0.5, 0.6) is 0 Å². The molecule has 0 aromatic heterocycles. The van der Waals surface area contributed by atoms with Crippen LogP contribution >= 0.6 is 15.9 Å². The summed E-state index contributed by atoms with van der Waals surface area (Å²) in [6.07, 6.45) is 2.16. The molecule has 0 radical (unpaired) electrons. The van der Waals surface area contributed by atoms with Gasteiger partial charge in [-0.3, -0.25) is 0 Å². The fourth-order valence-corrected chi connectivity index (χ4v) is 3.30. The van der Waals surface area contributed by atoms with E-state index in [4.69, 9.17) is 9.47 Å². The second-order valence-corrected chi connectivity index (χ2v) is 8.25. The molecule has 0 spiro atoms. The lowest BCUT2D eigenvalue weighted by Gasteiger charge is -2.35. The zero-order chi connectivity index (χ0) is 16.6. The molecule has 126 valence electrons. The third kappa shape index (κ3) is 4.27. The van der Waals surface area contributed by atoms with Crippen molar-refractivity contribution in [2.45, 2.75) is 51.2 Å². The Bertz CT molecular complexity index is 592. The highest BCUT2D eigenvalue weighted by Gasteiger charge is 2.33. The maximum atomic E-state index is 12.3. The van der Waals surface area contributed by atoms with Crippen molar-refractivity contribution in [3.05, 3.63) is 33.8 Å². The Kier molecular flexibility index (Phi) is 4.70. The van der Waals surface area contributed by atoms with Crippen LogP contribution in [0.15, 0.2) is 22.7 Å². The number of morpholine rings is 1. The minimum Gasteiger partial charge on any atom is -0.444 e. The number of benzene rings is 1. The minimum absolute atomic E-state index is 0.0695. The van der Waals surface area contributed by atoms with Gasteiger partial charge in [0, 0.05) is 11.0 Å². The number of amides is 1. The van der Waals surface area contributed by atoms with Crippen molar-refractivity contribution in [3.63, 3.8) is 0 Å². The van der Waals surface area contributed by atoms with Crippen LogP contribution in [0, 0.1) is 0 Å². The minimum atomic E-state index is -0.471. The lowest BCUT2D eigenvalue weighted by atomic mass is 9.98. The Morgan fingerprint density at radius 1 is 1.30 bits per heavy atom. The second kappa shape index (κ2) is 6.44. The summed E-state index contributed by atoms with van der Waals surface area (Å²) in [5.41, 5.74) is 2.10. The Labute approximate surface area is 146 Å². The molecule has 23 heavy (non-hydrogen) atoms. The number of ether oxygens (including phenoxy) is 2. The first kappa shape index (κ1) is 16.8. The van der Waals surface area contributed by atoms with Gasteiger partial charge < -0.3 is 14.4 Å². The number of halogens is 1. The third-order valence-electron chi connectivity index (χ3n) is 4.13. The molecule has 0 N–H and O–H groups in total. The van der Waals surface area contributed by atoms with Gasteiger partial charge in [0.25, 0.3) is 0 Å². The van der Waals surface area contributed by atoms with E-state index in [-0.39, 0.29) is 12.2 Å². The molecule has 3 rings (SSSR count). The maximum Gasteiger partial charge on any atom is 0.410 e. The molecule has 1 unspecified atom stereocenters. The number of carbonyl (C=O) groups excluding carboxylic acids is 1. The fourth-order valence-electron chi connectivity index (χ4n) is 2.92. The van der Waals surface area contributed by atoms with Crippen LogP contribution in [-0.2, 0) is 9.47 Å². The SMILES string of the molecule is CC(C)(C)OC(=O)N1CCOC(c2ccc(Br)cc2C2CC2)C1. The molecule has 1 heterocycles. The van der Waals surface area contributed by atoms with Gasteiger partial charge in [-0.2, -0.15) is 0 Å². The highest BCUT2D eigenvalue weighted by atomic mass is 79.9. The molecule has 2 aliphatic rings. The number of hydrogen-bond acceptors (Lipinski definition) is 3. The maximum absolute atomic E-state index is 12.3. The summed E-state index contributed by atoms with van der Waals surface area (Å²) in [5.74, 6) is 0.642. The van der Waals surface area contributed by atoms with E-state index < -0.39 is 5.60 Å². The Hall–Kier alpha value is -1.07. The third-order valence-corrected chi connectivity index (χ3v) is 4.62. The molecule has 1 saturated heterocycles. The lowest BCUT2D eigenvalue weighted by molar-refractivity contribution is -0.0435. The number of nitrogens with zero attached hydrogens (tertiary/aromatic N) is 1. The molecular weight excluding hydrogens is 358 g/mol. The summed E-state index contributed by atoms with van der Waals surface area (Å²) in [5, 5.41) is 0. The molecule has 4 nitrogen and oxygen atoms in total. The van der Waals surface area contributed by atoms with Gasteiger partial charge >= 0.3 is 6.09 Å². The van der Waals surface area contributed by atoms with Crippen molar-refractivity contribution in [1.82, 2.24) is 4.90 Å². The molecule has 1 aliphatic carbocycles. The normalized spacial score (nSPS) is 22.1. The van der Waals surface area contributed by atoms with Crippen LogP contribution < -0.4 is 0 Å². The average molecular weight is 382 g/mol. The van der Waals surface area contributed by atoms with Gasteiger partial charge in [-0.05, 0) is 62.8 Å². The summed E-state index contributed by atoms with van der Waals surface area (Å²) >= 11 is 3.56. The predicted octanol–water partition coefficient (Wildman–Crippen LogP) is 4.63. The predicted molar refractivity (Wildman–Crippen MR) is 92.6 cm³/mol. The molecule has 2 fully saturated rings. The topological polar surface area (TPSA) is 38.8 Å². The van der Waals surface area contributed by atoms with Gasteiger partial charge in [0.1, 0.15) is 11.7 Å². The molecule has 0 bridgehead atoms. The van der Waals surface area contributed by atoms with Crippen LogP contribution in [0.3, 0.4) is 0 Å². The van der Waals surface area contributed by atoms with E-state index in [0.717, 1.165) is 4.47 Å². The number of carbonyl (C=O) groups is 1. The Morgan fingerprint density at radius 3 is 2.70 bits per heavy atom. The molecule has 1 atom stereocenters. The van der Waals surface area contributed by atoms with Crippen molar-refractivity contribution in [2.24, 2.45) is 0 Å². The van der Waals surface area contributed by atoms with E-state index in [1.807, 2.05) is 20.8 Å². The molecule has 5 heteroatoms. The molecule has 1 amide bonds. The van der Waals surface area contributed by atoms with E-state index in [1.54, 1.807) is 4.90 Å². The van der Waals surface area contributed by atoms with E-state index in [9.17, 15) is 4.79 Å². The fraction of sp³-hybridized carbons (Fsp3) is 0.611. The van der Waals surface area contributed by atoms with Gasteiger partial charge in [0.05, 0.1) is 13.2 Å². The summed E-state index contributed by atoms with van der Waals surface area (Å²) < 4.78 is 12.6. The average Bonchev–Trinajstić information content (AvgIpc) is 3.30. The van der Waals surface area contributed by atoms with Gasteiger partial charge in [-0.25, -0.2) is 4.79 Å². The zero-order valence-electron chi connectivity index (χ0n) is 14.0. The molecule has 1 aromatic carbocycles. The van der Waals surface area contributed by atoms with Crippen molar-refractivity contribution >= 4 is 22.0 Å². The molecule has 1 aromatic rings. The van der Waals surface area contributed by atoms with Crippen LogP contribution in [-0.4, -0.2) is 36.3 Å². The van der Waals surface area contributed by atoms with Crippen molar-refractivity contribution in [1.29, 1.82) is 0 Å². The van der Waals surface area contributed by atoms with Gasteiger partial charge in [0.2, 0.25) is 0 Å². The van der Waals surface area contributed by atoms with E-state index in [0.29, 0.717) is 25.6 Å². The van der Waals surface area contributed by atoms with Crippen molar-refractivity contribution in [2.75, 3.05) is 19.7 Å². The van der Waals surface area contributed by atoms with E-state index in [2.05, 4.69) is 34.1 Å². The first-order valence-electron chi connectivity index (χ1n) is 8.22. The second-order valence-electron chi connectivity index (χ2n) is 7.33. The number of rotatable bonds is 2. The monoisotopic (exact) mass is 381 g/mol. The molecule has 1 aliphatic heterocycles. The van der Waals surface area contributed by atoms with Crippen LogP contribution in [0.25, 0.3) is 0 Å². The first-order chi connectivity index (χ1) is 10.8. The standard InChI is InChI=1S/C18H24BrNO3/c1-18(2,3)23-17(21)20-8-9-22-16(11-20)14-7-6-13(19)10-15(14)12-4-5-12/h6-7,10,12,16H,4-5,8-9,11H2,1-3H3. The van der Waals surface area contributed by atoms with Crippen LogP contribution in [0.2, 0.25) is 0 Å². The largest absolute Gasteiger partial charge is 0.444 e. The highest BCUT2D eigenvalue weighted by Crippen LogP contribution is 2.44. The quantitative estimate of drug-likeness (QED) is 0.748. The van der Waals surface area contributed by atoms with Crippen molar-refractivity contribution in [3.8, 4) is 0 Å². The van der Waals surface area contributed by atoms with Crippen LogP contribution in [0.1, 0.15) is 56.8 Å². The lowest BCUT2D eigenvalue weighted by Crippen LogP contribution is -2.44. The highest BCUT2D eigenvalue weighted by molar-refractivity contribution is 9.10. The molecular formula is C18H24BrNO3. The zero-order valence-corrected chi connectivity index (χ0v) is 15.6. The summed E-state index contributed by atoms with van der Waals surface area (Å²) in [6.45, 7) is 7.36. The van der Waals surface area contributed by atoms with Gasteiger partial charge in [-0.15, -0.1) is 0 Å². The van der Waals surface area contributed by atoms with Crippen molar-refractivity contribution < 1.29 is 14.3 Å². The smallest absolute Gasteiger partial charge is 0.410 e. The van der Waals surface area contributed by atoms with Gasteiger partial charge in [-0.1, -0.05) is 22.0 Å². The first-order valence-corrected chi connectivity index (χ1v) is 9.01. The summed E-state index contributed by atoms with van der Waals surface area (Å²) in [7, 11) is 0. The Balaban J connectivity index is 1.75. The van der Waals surface area contributed by atoms with E-state index >= 15 is 0 Å².